The molecule has 1 heterocycles. The molecule has 0 fully saturated rings. The number of sulfonamides is 1. The number of ketones is 1. The van der Waals surface area contributed by atoms with Crippen molar-refractivity contribution in [3.05, 3.63) is 70.0 Å². The van der Waals surface area contributed by atoms with E-state index in [4.69, 9.17) is 23.2 Å². The lowest BCUT2D eigenvalue weighted by Crippen LogP contribution is -2.43. The fraction of sp³-hybridized carbons (Fsp3) is 0.211. The lowest BCUT2D eigenvalue weighted by molar-refractivity contribution is -0.139. The second-order valence-corrected chi connectivity index (χ2v) is 9.21. The Kier molecular flexibility index (Phi) is 7.56. The number of carboxylic acid groups (broad SMARTS) is 1. The van der Waals surface area contributed by atoms with Gasteiger partial charge < -0.3 is 5.11 Å². The number of benzene rings is 2. The molecular formula is C19H17Cl2N5O5S. The standard InChI is InChI=1S/C19H17Cl2N5O5S/c20-14-7-4-8-15(21)13(14)9-18-22-24-25-26(18)11-17(27)16(10-19(28)29)23-32(30,31)12-5-2-1-3-6-12/h1-8,16,23H,9-11H2,(H,28,29). The van der Waals surface area contributed by atoms with Crippen LogP contribution in [0.25, 0.3) is 0 Å². The largest absolute Gasteiger partial charge is 0.481 e. The number of hydrogen-bond donors (Lipinski definition) is 2. The zero-order chi connectivity index (χ0) is 23.3. The Hall–Kier alpha value is -2.86. The van der Waals surface area contributed by atoms with Gasteiger partial charge >= 0.3 is 5.97 Å². The topological polar surface area (TPSA) is 144 Å². The first-order chi connectivity index (χ1) is 15.2. The molecular weight excluding hydrogens is 481 g/mol. The molecule has 0 saturated carbocycles. The Bertz CT molecular complexity index is 1210. The number of halogens is 2. The number of aromatic nitrogens is 4. The minimum absolute atomic E-state index is 0.0975. The molecule has 1 aromatic heterocycles. The summed E-state index contributed by atoms with van der Waals surface area (Å²) in [6.45, 7) is -0.459. The molecule has 0 bridgehead atoms. The van der Waals surface area contributed by atoms with E-state index >= 15 is 0 Å². The maximum Gasteiger partial charge on any atom is 0.305 e. The van der Waals surface area contributed by atoms with E-state index in [0.717, 1.165) is 4.68 Å². The molecule has 0 amide bonds. The molecule has 32 heavy (non-hydrogen) atoms. The van der Waals surface area contributed by atoms with Crippen LogP contribution in [0.5, 0.6) is 0 Å². The molecule has 1 unspecified atom stereocenters. The van der Waals surface area contributed by atoms with Crippen LogP contribution in [-0.2, 0) is 32.6 Å². The summed E-state index contributed by atoms with van der Waals surface area (Å²) in [5.74, 6) is -1.84. The van der Waals surface area contributed by atoms with Crippen LogP contribution in [0.1, 0.15) is 17.8 Å². The van der Waals surface area contributed by atoms with Crippen LogP contribution in [0.3, 0.4) is 0 Å². The summed E-state index contributed by atoms with van der Waals surface area (Å²) in [6, 6.07) is 10.7. The third-order valence-corrected chi connectivity index (χ3v) is 6.62. The number of carbonyl (C=O) groups excluding carboxylic acids is 1. The first-order valence-corrected chi connectivity index (χ1v) is 11.4. The molecule has 3 aromatic rings. The predicted molar refractivity (Wildman–Crippen MR) is 115 cm³/mol. The minimum atomic E-state index is -4.13. The van der Waals surface area contributed by atoms with Gasteiger partial charge in [-0.25, -0.2) is 13.1 Å². The molecule has 2 N–H and O–H groups in total. The molecule has 168 valence electrons. The second kappa shape index (κ2) is 10.2. The van der Waals surface area contributed by atoms with Crippen LogP contribution in [0.15, 0.2) is 53.4 Å². The molecule has 0 aliphatic carbocycles. The molecule has 2 aromatic carbocycles. The Balaban J connectivity index is 1.81. The summed E-state index contributed by atoms with van der Waals surface area (Å²) in [7, 11) is -4.13. The van der Waals surface area contributed by atoms with Gasteiger partial charge in [-0.1, -0.05) is 47.5 Å². The first-order valence-electron chi connectivity index (χ1n) is 9.17. The summed E-state index contributed by atoms with van der Waals surface area (Å²) in [5.41, 5.74) is 0.547. The summed E-state index contributed by atoms with van der Waals surface area (Å²) in [5, 5.41) is 21.1. The van der Waals surface area contributed by atoms with Crippen molar-refractivity contribution in [2.45, 2.75) is 30.3 Å². The van der Waals surface area contributed by atoms with Gasteiger partial charge in [-0.05, 0) is 40.3 Å². The molecule has 3 rings (SSSR count). The quantitative estimate of drug-likeness (QED) is 0.432. The van der Waals surface area contributed by atoms with Crippen LogP contribution in [0, 0.1) is 0 Å². The molecule has 13 heteroatoms. The summed E-state index contributed by atoms with van der Waals surface area (Å²) in [6.07, 6.45) is -0.642. The Labute approximate surface area is 193 Å². The first kappa shape index (κ1) is 23.8. The van der Waals surface area contributed by atoms with Crippen molar-refractivity contribution < 1.29 is 23.1 Å². The molecule has 1 atom stereocenters. The zero-order valence-electron chi connectivity index (χ0n) is 16.4. The van der Waals surface area contributed by atoms with Crippen molar-refractivity contribution in [2.75, 3.05) is 0 Å². The number of tetrazole rings is 1. The van der Waals surface area contributed by atoms with Crippen molar-refractivity contribution in [3.63, 3.8) is 0 Å². The van der Waals surface area contributed by atoms with Crippen LogP contribution < -0.4 is 4.72 Å². The maximum absolute atomic E-state index is 12.8. The number of Topliss-reactive ketones (excluding diaryl/α,β-unsaturated/α-hetero) is 1. The molecule has 0 saturated heterocycles. The SMILES string of the molecule is O=C(O)CC(NS(=O)(=O)c1ccccc1)C(=O)Cn1nnnc1Cc1c(Cl)cccc1Cl. The van der Waals surface area contributed by atoms with E-state index < -0.39 is 40.8 Å². The van der Waals surface area contributed by atoms with Gasteiger partial charge in [-0.15, -0.1) is 5.10 Å². The van der Waals surface area contributed by atoms with E-state index in [2.05, 4.69) is 20.2 Å². The van der Waals surface area contributed by atoms with Gasteiger partial charge in [-0.2, -0.15) is 4.72 Å². The van der Waals surface area contributed by atoms with E-state index in [-0.39, 0.29) is 17.1 Å². The fourth-order valence-electron chi connectivity index (χ4n) is 2.84. The van der Waals surface area contributed by atoms with Crippen LogP contribution in [0.2, 0.25) is 10.0 Å². The molecule has 0 aliphatic heterocycles. The smallest absolute Gasteiger partial charge is 0.305 e. The molecule has 0 radical (unpaired) electrons. The van der Waals surface area contributed by atoms with E-state index in [1.54, 1.807) is 24.3 Å². The number of nitrogens with zero attached hydrogens (tertiary/aromatic N) is 4. The number of carbonyl (C=O) groups is 2. The van der Waals surface area contributed by atoms with Gasteiger partial charge in [0.15, 0.2) is 11.6 Å². The Morgan fingerprint density at radius 1 is 1.06 bits per heavy atom. The second-order valence-electron chi connectivity index (χ2n) is 6.68. The van der Waals surface area contributed by atoms with E-state index in [1.807, 2.05) is 0 Å². The van der Waals surface area contributed by atoms with Crippen LogP contribution in [-0.4, -0.2) is 51.5 Å². The zero-order valence-corrected chi connectivity index (χ0v) is 18.7. The number of rotatable bonds is 10. The fourth-order valence-corrected chi connectivity index (χ4v) is 4.61. The van der Waals surface area contributed by atoms with Crippen LogP contribution >= 0.6 is 23.2 Å². The molecule has 0 spiro atoms. The van der Waals surface area contributed by atoms with Gasteiger partial charge in [-0.3, -0.25) is 9.59 Å². The monoisotopic (exact) mass is 497 g/mol. The average molecular weight is 498 g/mol. The number of nitrogens with one attached hydrogen (secondary N) is 1. The van der Waals surface area contributed by atoms with Gasteiger partial charge in [0.1, 0.15) is 6.54 Å². The third kappa shape index (κ3) is 5.88. The van der Waals surface area contributed by atoms with E-state index in [1.165, 1.54) is 24.3 Å². The van der Waals surface area contributed by atoms with Gasteiger partial charge in [0.2, 0.25) is 10.0 Å². The van der Waals surface area contributed by atoms with Gasteiger partial charge in [0, 0.05) is 16.5 Å². The van der Waals surface area contributed by atoms with E-state index in [0.29, 0.717) is 15.6 Å². The summed E-state index contributed by atoms with van der Waals surface area (Å²) >= 11 is 12.3. The predicted octanol–water partition coefficient (Wildman–Crippen LogP) is 1.96. The normalized spacial score (nSPS) is 12.4. The maximum atomic E-state index is 12.8. The summed E-state index contributed by atoms with van der Waals surface area (Å²) in [4.78, 5) is 24.0. The average Bonchev–Trinajstić information content (AvgIpc) is 3.17. The molecule has 0 aliphatic rings. The highest BCUT2D eigenvalue weighted by atomic mass is 35.5. The lowest BCUT2D eigenvalue weighted by Gasteiger charge is -2.16. The minimum Gasteiger partial charge on any atom is -0.481 e. The highest BCUT2D eigenvalue weighted by Gasteiger charge is 2.29. The number of carboxylic acids is 1. The van der Waals surface area contributed by atoms with Crippen molar-refractivity contribution in [1.82, 2.24) is 24.9 Å². The van der Waals surface area contributed by atoms with E-state index in [9.17, 15) is 23.1 Å². The van der Waals surface area contributed by atoms with Crippen molar-refractivity contribution in [2.24, 2.45) is 0 Å². The third-order valence-electron chi connectivity index (χ3n) is 4.43. The highest BCUT2D eigenvalue weighted by molar-refractivity contribution is 7.89. The number of hydrogen-bond acceptors (Lipinski definition) is 7. The highest BCUT2D eigenvalue weighted by Crippen LogP contribution is 2.26. The lowest BCUT2D eigenvalue weighted by atomic mass is 10.1. The Morgan fingerprint density at radius 3 is 2.34 bits per heavy atom. The summed E-state index contributed by atoms with van der Waals surface area (Å²) < 4.78 is 28.5. The Morgan fingerprint density at radius 2 is 1.72 bits per heavy atom. The number of aliphatic carboxylic acids is 1. The van der Waals surface area contributed by atoms with Crippen molar-refractivity contribution in [3.8, 4) is 0 Å². The van der Waals surface area contributed by atoms with Gasteiger partial charge in [0.05, 0.1) is 17.4 Å². The van der Waals surface area contributed by atoms with Crippen molar-refractivity contribution >= 4 is 45.0 Å². The van der Waals surface area contributed by atoms with Gasteiger partial charge in [0.25, 0.3) is 0 Å². The van der Waals surface area contributed by atoms with Crippen molar-refractivity contribution in [1.29, 1.82) is 0 Å². The van der Waals surface area contributed by atoms with Crippen LogP contribution in [0.4, 0.5) is 0 Å². The molecule has 10 nitrogen and oxygen atoms in total.